The third kappa shape index (κ3) is 4.81. The monoisotopic (exact) mass is 237 g/mol. The number of carbonyl (C=O) groups is 1. The molecule has 0 aliphatic heterocycles. The molecule has 1 amide bonds. The Morgan fingerprint density at radius 3 is 2.41 bits per heavy atom. The average Bonchev–Trinajstić information content (AvgIpc) is 2.28. The van der Waals surface area contributed by atoms with Crippen molar-refractivity contribution in [2.24, 2.45) is 5.84 Å². The van der Waals surface area contributed by atoms with Gasteiger partial charge in [0, 0.05) is 24.9 Å². The second-order valence-corrected chi connectivity index (χ2v) is 5.02. The first-order chi connectivity index (χ1) is 8.02. The molecule has 0 bridgehead atoms. The normalized spacial score (nSPS) is 25.3. The Morgan fingerprint density at radius 1 is 1.35 bits per heavy atom. The Balaban J connectivity index is 2.43. The molecule has 0 aromatic rings. The fourth-order valence-corrected chi connectivity index (χ4v) is 2.49. The standard InChI is InChI=1S/C12H24BN3O/c1-9(15-10(2)17)8-16(14)12-6-4-11(13-3)5-7-12/h8,11-13H,4-7,14H2,1-3H3,(H,15,17)/b9-8+. The van der Waals surface area contributed by atoms with Crippen LogP contribution >= 0.6 is 0 Å². The largest absolute Gasteiger partial charge is 0.329 e. The minimum absolute atomic E-state index is 0.0539. The van der Waals surface area contributed by atoms with Crippen LogP contribution in [0.15, 0.2) is 11.9 Å². The van der Waals surface area contributed by atoms with Crippen LogP contribution in [-0.4, -0.2) is 24.2 Å². The fourth-order valence-electron chi connectivity index (χ4n) is 2.49. The molecular weight excluding hydrogens is 213 g/mol. The molecule has 0 aromatic heterocycles. The summed E-state index contributed by atoms with van der Waals surface area (Å²) in [6, 6.07) is 0.418. The van der Waals surface area contributed by atoms with Crippen LogP contribution in [0.4, 0.5) is 0 Å². The van der Waals surface area contributed by atoms with Crippen molar-refractivity contribution in [1.29, 1.82) is 0 Å². The van der Waals surface area contributed by atoms with E-state index in [2.05, 4.69) is 12.1 Å². The van der Waals surface area contributed by atoms with Crippen LogP contribution in [0.5, 0.6) is 0 Å². The van der Waals surface area contributed by atoms with Crippen molar-refractivity contribution in [1.82, 2.24) is 10.3 Å². The van der Waals surface area contributed by atoms with Gasteiger partial charge in [-0.1, -0.05) is 25.5 Å². The van der Waals surface area contributed by atoms with Crippen LogP contribution in [-0.2, 0) is 4.79 Å². The average molecular weight is 237 g/mol. The van der Waals surface area contributed by atoms with Gasteiger partial charge in [0.15, 0.2) is 0 Å². The zero-order chi connectivity index (χ0) is 12.8. The zero-order valence-electron chi connectivity index (χ0n) is 11.2. The van der Waals surface area contributed by atoms with Gasteiger partial charge >= 0.3 is 0 Å². The fraction of sp³-hybridized carbons (Fsp3) is 0.750. The number of hydrogen-bond acceptors (Lipinski definition) is 3. The first-order valence-electron chi connectivity index (χ1n) is 6.52. The molecule has 17 heavy (non-hydrogen) atoms. The molecule has 0 atom stereocenters. The van der Waals surface area contributed by atoms with Gasteiger partial charge in [0.05, 0.1) is 0 Å². The molecule has 0 saturated heterocycles. The molecule has 1 aliphatic rings. The van der Waals surface area contributed by atoms with E-state index in [0.29, 0.717) is 6.04 Å². The third-order valence-electron chi connectivity index (χ3n) is 3.53. The quantitative estimate of drug-likeness (QED) is 0.441. The lowest BCUT2D eigenvalue weighted by molar-refractivity contribution is -0.118. The highest BCUT2D eigenvalue weighted by Gasteiger charge is 2.22. The van der Waals surface area contributed by atoms with Crippen LogP contribution in [0, 0.1) is 0 Å². The SMILES string of the molecule is CBC1CCC(N(N)/C=C(\C)NC(C)=O)CC1. The van der Waals surface area contributed by atoms with E-state index in [-0.39, 0.29) is 5.91 Å². The number of nitrogens with one attached hydrogen (secondary N) is 1. The maximum Gasteiger partial charge on any atom is 0.221 e. The number of carbonyl (C=O) groups excluding carboxylic acids is 1. The van der Waals surface area contributed by atoms with Crippen molar-refractivity contribution in [2.45, 2.75) is 58.2 Å². The molecule has 1 rings (SSSR count). The van der Waals surface area contributed by atoms with Gasteiger partial charge in [-0.2, -0.15) is 0 Å². The third-order valence-corrected chi connectivity index (χ3v) is 3.53. The molecule has 4 nitrogen and oxygen atoms in total. The molecule has 3 N–H and O–H groups in total. The predicted molar refractivity (Wildman–Crippen MR) is 72.6 cm³/mol. The van der Waals surface area contributed by atoms with Gasteiger partial charge in [-0.25, -0.2) is 5.84 Å². The van der Waals surface area contributed by atoms with Crippen molar-refractivity contribution in [2.75, 3.05) is 0 Å². The summed E-state index contributed by atoms with van der Waals surface area (Å²) in [4.78, 5) is 10.9. The highest BCUT2D eigenvalue weighted by Crippen LogP contribution is 2.30. The lowest BCUT2D eigenvalue weighted by atomic mass is 9.60. The summed E-state index contributed by atoms with van der Waals surface area (Å²) in [6.07, 6.45) is 6.67. The van der Waals surface area contributed by atoms with E-state index in [4.69, 9.17) is 5.84 Å². The number of nitrogens with two attached hydrogens (primary N) is 1. The molecule has 1 fully saturated rings. The molecule has 0 spiro atoms. The van der Waals surface area contributed by atoms with Crippen LogP contribution in [0.25, 0.3) is 0 Å². The molecule has 1 saturated carbocycles. The molecule has 96 valence electrons. The Hall–Kier alpha value is -0.965. The Morgan fingerprint density at radius 2 is 1.94 bits per heavy atom. The van der Waals surface area contributed by atoms with Gasteiger partial charge in [-0.05, 0) is 19.8 Å². The summed E-state index contributed by atoms with van der Waals surface area (Å²) in [5.74, 6) is 6.84. The van der Waals surface area contributed by atoms with E-state index in [1.54, 1.807) is 5.01 Å². The van der Waals surface area contributed by atoms with Crippen molar-refractivity contribution < 1.29 is 4.79 Å². The second-order valence-electron chi connectivity index (χ2n) is 5.02. The maximum atomic E-state index is 10.9. The summed E-state index contributed by atoms with van der Waals surface area (Å²) in [7, 11) is 1.28. The second kappa shape index (κ2) is 6.69. The van der Waals surface area contributed by atoms with E-state index in [9.17, 15) is 4.79 Å². The predicted octanol–water partition coefficient (Wildman–Crippen LogP) is 1.38. The molecule has 0 heterocycles. The number of nitrogens with zero attached hydrogens (tertiary/aromatic N) is 1. The first kappa shape index (κ1) is 14.1. The molecule has 0 aromatic carbocycles. The minimum Gasteiger partial charge on any atom is -0.329 e. The van der Waals surface area contributed by atoms with E-state index in [1.165, 1.54) is 27.0 Å². The number of rotatable bonds is 4. The van der Waals surface area contributed by atoms with E-state index in [0.717, 1.165) is 24.4 Å². The van der Waals surface area contributed by atoms with Crippen molar-refractivity contribution in [3.8, 4) is 0 Å². The number of hydrazine groups is 1. The number of allylic oxidation sites excluding steroid dienone is 1. The molecule has 5 heteroatoms. The van der Waals surface area contributed by atoms with E-state index >= 15 is 0 Å². The van der Waals surface area contributed by atoms with Gasteiger partial charge < -0.3 is 10.3 Å². The van der Waals surface area contributed by atoms with E-state index < -0.39 is 0 Å². The summed E-state index contributed by atoms with van der Waals surface area (Å²) >= 11 is 0. The highest BCUT2D eigenvalue weighted by molar-refractivity contribution is 6.35. The number of hydrogen-bond donors (Lipinski definition) is 2. The first-order valence-corrected chi connectivity index (χ1v) is 6.52. The van der Waals surface area contributed by atoms with Gasteiger partial charge in [-0.15, -0.1) is 0 Å². The van der Waals surface area contributed by atoms with Gasteiger partial charge in [-0.3, -0.25) is 4.79 Å². The lowest BCUT2D eigenvalue weighted by Gasteiger charge is -2.33. The zero-order valence-corrected chi connectivity index (χ0v) is 11.2. The van der Waals surface area contributed by atoms with Crippen molar-refractivity contribution in [3.63, 3.8) is 0 Å². The highest BCUT2D eigenvalue weighted by atomic mass is 16.1. The molecule has 0 radical (unpaired) electrons. The lowest BCUT2D eigenvalue weighted by Crippen LogP contribution is -2.40. The van der Waals surface area contributed by atoms with Crippen molar-refractivity contribution in [3.05, 3.63) is 11.9 Å². The Kier molecular flexibility index (Phi) is 5.55. The smallest absolute Gasteiger partial charge is 0.221 e. The summed E-state index contributed by atoms with van der Waals surface area (Å²) < 4.78 is 0. The molecule has 1 aliphatic carbocycles. The van der Waals surface area contributed by atoms with Crippen LogP contribution in [0.3, 0.4) is 0 Å². The minimum atomic E-state index is -0.0539. The van der Waals surface area contributed by atoms with E-state index in [1.807, 2.05) is 13.1 Å². The van der Waals surface area contributed by atoms with Gasteiger partial charge in [0.25, 0.3) is 0 Å². The summed E-state index contributed by atoms with van der Waals surface area (Å²) in [5.41, 5.74) is 0.803. The van der Waals surface area contributed by atoms with Gasteiger partial charge in [0.1, 0.15) is 7.28 Å². The maximum absolute atomic E-state index is 10.9. The van der Waals surface area contributed by atoms with Crippen LogP contribution in [0.2, 0.25) is 12.6 Å². The topological polar surface area (TPSA) is 58.4 Å². The van der Waals surface area contributed by atoms with Crippen LogP contribution < -0.4 is 11.2 Å². The molecular formula is C12H24BN3O. The van der Waals surface area contributed by atoms with Gasteiger partial charge in [0.2, 0.25) is 5.91 Å². The summed E-state index contributed by atoms with van der Waals surface area (Å²) in [5, 5.41) is 4.49. The Labute approximate surface area is 105 Å². The van der Waals surface area contributed by atoms with Crippen LogP contribution in [0.1, 0.15) is 39.5 Å². The Bertz CT molecular complexity index is 285. The van der Waals surface area contributed by atoms with Crippen molar-refractivity contribution >= 4 is 13.2 Å². The molecule has 0 unspecified atom stereocenters. The summed E-state index contributed by atoms with van der Waals surface area (Å²) in [6.45, 7) is 5.62. The number of amides is 1.